The van der Waals surface area contributed by atoms with E-state index in [1.807, 2.05) is 25.1 Å². The van der Waals surface area contributed by atoms with E-state index in [4.69, 9.17) is 9.84 Å². The van der Waals surface area contributed by atoms with Crippen molar-refractivity contribution in [3.8, 4) is 17.1 Å². The van der Waals surface area contributed by atoms with E-state index in [-0.39, 0.29) is 5.56 Å². The van der Waals surface area contributed by atoms with E-state index in [1.165, 1.54) is 6.20 Å². The average Bonchev–Trinajstić information content (AvgIpc) is 2.37. The number of carboxylic acids is 1. The van der Waals surface area contributed by atoms with Crippen LogP contribution < -0.4 is 4.74 Å². The van der Waals surface area contributed by atoms with Crippen LogP contribution >= 0.6 is 0 Å². The van der Waals surface area contributed by atoms with Gasteiger partial charge in [0.25, 0.3) is 0 Å². The molecule has 2 rings (SSSR count). The highest BCUT2D eigenvalue weighted by molar-refractivity contribution is 5.88. The first-order valence-corrected chi connectivity index (χ1v) is 5.75. The summed E-state index contributed by atoms with van der Waals surface area (Å²) >= 11 is 0. The van der Waals surface area contributed by atoms with Gasteiger partial charge in [-0.2, -0.15) is 0 Å². The Morgan fingerprint density at radius 3 is 2.63 bits per heavy atom. The van der Waals surface area contributed by atoms with Gasteiger partial charge >= 0.3 is 5.97 Å². The number of benzene rings is 1. The van der Waals surface area contributed by atoms with Crippen LogP contribution in [0.25, 0.3) is 11.4 Å². The number of methoxy groups -OCH3 is 1. The first kappa shape index (κ1) is 13.0. The highest BCUT2D eigenvalue weighted by Gasteiger charge is 2.13. The first-order chi connectivity index (χ1) is 9.02. The van der Waals surface area contributed by atoms with Gasteiger partial charge in [-0.3, -0.25) is 0 Å². The van der Waals surface area contributed by atoms with Gasteiger partial charge in [0.05, 0.1) is 23.9 Å². The van der Waals surface area contributed by atoms with Gasteiger partial charge in [-0.05, 0) is 31.5 Å². The molecule has 0 bridgehead atoms. The van der Waals surface area contributed by atoms with Crippen LogP contribution in [-0.2, 0) is 0 Å². The molecule has 0 saturated carbocycles. The van der Waals surface area contributed by atoms with E-state index in [0.717, 1.165) is 11.1 Å². The SMILES string of the molecule is COc1cc(C)ccc1-c1ncc(C(=O)O)c(C)n1. The monoisotopic (exact) mass is 258 g/mol. The van der Waals surface area contributed by atoms with E-state index < -0.39 is 5.97 Å². The number of rotatable bonds is 3. The molecule has 1 aromatic carbocycles. The smallest absolute Gasteiger partial charge is 0.339 e. The Balaban J connectivity index is 2.54. The van der Waals surface area contributed by atoms with Crippen LogP contribution in [-0.4, -0.2) is 28.2 Å². The zero-order valence-corrected chi connectivity index (χ0v) is 11.0. The van der Waals surface area contributed by atoms with Crippen molar-refractivity contribution in [1.82, 2.24) is 9.97 Å². The Kier molecular flexibility index (Phi) is 3.46. The Labute approximate surface area is 110 Å². The molecular weight excluding hydrogens is 244 g/mol. The van der Waals surface area contributed by atoms with Gasteiger partial charge in [0.2, 0.25) is 0 Å². The summed E-state index contributed by atoms with van der Waals surface area (Å²) < 4.78 is 5.30. The maximum Gasteiger partial charge on any atom is 0.339 e. The standard InChI is InChI=1S/C14H14N2O3/c1-8-4-5-10(12(6-8)19-3)13-15-7-11(14(17)18)9(2)16-13/h4-7H,1-3H3,(H,17,18). The van der Waals surface area contributed by atoms with Gasteiger partial charge in [-0.15, -0.1) is 0 Å². The first-order valence-electron chi connectivity index (χ1n) is 5.75. The topological polar surface area (TPSA) is 72.3 Å². The second-order valence-corrected chi connectivity index (χ2v) is 4.20. The number of aromatic nitrogens is 2. The molecule has 0 atom stereocenters. The van der Waals surface area contributed by atoms with Crippen molar-refractivity contribution in [3.63, 3.8) is 0 Å². The minimum atomic E-state index is -1.03. The summed E-state index contributed by atoms with van der Waals surface area (Å²) in [5.74, 6) is 0.0988. The summed E-state index contributed by atoms with van der Waals surface area (Å²) in [7, 11) is 1.58. The molecule has 0 spiro atoms. The summed E-state index contributed by atoms with van der Waals surface area (Å²) in [6, 6.07) is 5.68. The van der Waals surface area contributed by atoms with Crippen LogP contribution in [0.2, 0.25) is 0 Å². The molecule has 0 fully saturated rings. The number of nitrogens with zero attached hydrogens (tertiary/aromatic N) is 2. The summed E-state index contributed by atoms with van der Waals surface area (Å²) in [5, 5.41) is 8.96. The fourth-order valence-corrected chi connectivity index (χ4v) is 1.79. The van der Waals surface area contributed by atoms with Gasteiger partial charge in [-0.1, -0.05) is 6.07 Å². The Morgan fingerprint density at radius 2 is 2.05 bits per heavy atom. The summed E-state index contributed by atoms with van der Waals surface area (Å²) in [6.45, 7) is 3.61. The zero-order chi connectivity index (χ0) is 14.0. The van der Waals surface area contributed by atoms with Gasteiger partial charge < -0.3 is 9.84 Å². The number of hydrogen-bond acceptors (Lipinski definition) is 4. The maximum absolute atomic E-state index is 10.9. The lowest BCUT2D eigenvalue weighted by molar-refractivity contribution is 0.0695. The van der Waals surface area contributed by atoms with Crippen molar-refractivity contribution in [2.75, 3.05) is 7.11 Å². The average molecular weight is 258 g/mol. The van der Waals surface area contributed by atoms with Crippen LogP contribution in [0.3, 0.4) is 0 Å². The molecule has 0 aliphatic carbocycles. The van der Waals surface area contributed by atoms with Crippen LogP contribution in [0, 0.1) is 13.8 Å². The Bertz CT molecular complexity index is 639. The molecule has 5 nitrogen and oxygen atoms in total. The van der Waals surface area contributed by atoms with Crippen LogP contribution in [0.4, 0.5) is 0 Å². The lowest BCUT2D eigenvalue weighted by Crippen LogP contribution is -2.04. The lowest BCUT2D eigenvalue weighted by atomic mass is 10.1. The van der Waals surface area contributed by atoms with Crippen molar-refractivity contribution in [3.05, 3.63) is 41.2 Å². The summed E-state index contributed by atoms with van der Waals surface area (Å²) in [6.07, 6.45) is 1.32. The molecule has 1 aromatic heterocycles. The van der Waals surface area contributed by atoms with E-state index >= 15 is 0 Å². The molecule has 0 aliphatic rings. The normalized spacial score (nSPS) is 10.3. The molecule has 1 heterocycles. The molecule has 2 aromatic rings. The third-order valence-corrected chi connectivity index (χ3v) is 2.81. The number of ether oxygens (including phenoxy) is 1. The summed E-state index contributed by atoms with van der Waals surface area (Å²) in [5.41, 5.74) is 2.35. The van der Waals surface area contributed by atoms with Gasteiger partial charge in [0.1, 0.15) is 5.75 Å². The van der Waals surface area contributed by atoms with Gasteiger partial charge in [0.15, 0.2) is 5.82 Å². The Morgan fingerprint density at radius 1 is 1.32 bits per heavy atom. The predicted octanol–water partition coefficient (Wildman–Crippen LogP) is 2.47. The van der Waals surface area contributed by atoms with Crippen LogP contribution in [0.5, 0.6) is 5.75 Å². The van der Waals surface area contributed by atoms with Crippen molar-refractivity contribution >= 4 is 5.97 Å². The zero-order valence-electron chi connectivity index (χ0n) is 11.0. The number of carboxylic acid groups (broad SMARTS) is 1. The number of hydrogen-bond donors (Lipinski definition) is 1. The fraction of sp³-hybridized carbons (Fsp3) is 0.214. The largest absolute Gasteiger partial charge is 0.496 e. The van der Waals surface area contributed by atoms with Crippen molar-refractivity contribution in [2.24, 2.45) is 0 Å². The van der Waals surface area contributed by atoms with E-state index in [2.05, 4.69) is 9.97 Å². The highest BCUT2D eigenvalue weighted by atomic mass is 16.5. The number of aryl methyl sites for hydroxylation is 2. The van der Waals surface area contributed by atoms with Gasteiger partial charge in [0, 0.05) is 6.20 Å². The predicted molar refractivity (Wildman–Crippen MR) is 70.5 cm³/mol. The molecule has 5 heteroatoms. The fourth-order valence-electron chi connectivity index (χ4n) is 1.79. The molecule has 0 amide bonds. The van der Waals surface area contributed by atoms with E-state index in [0.29, 0.717) is 17.3 Å². The maximum atomic E-state index is 10.9. The van der Waals surface area contributed by atoms with Crippen molar-refractivity contribution in [2.45, 2.75) is 13.8 Å². The summed E-state index contributed by atoms with van der Waals surface area (Å²) in [4.78, 5) is 19.3. The molecular formula is C14H14N2O3. The van der Waals surface area contributed by atoms with Crippen LogP contribution in [0.15, 0.2) is 24.4 Å². The quantitative estimate of drug-likeness (QED) is 0.915. The third kappa shape index (κ3) is 2.54. The van der Waals surface area contributed by atoms with Crippen molar-refractivity contribution in [1.29, 1.82) is 0 Å². The van der Waals surface area contributed by atoms with E-state index in [1.54, 1.807) is 14.0 Å². The molecule has 1 N–H and O–H groups in total. The van der Waals surface area contributed by atoms with Gasteiger partial charge in [-0.25, -0.2) is 14.8 Å². The minimum Gasteiger partial charge on any atom is -0.496 e. The number of aromatic carboxylic acids is 1. The molecule has 98 valence electrons. The van der Waals surface area contributed by atoms with Crippen LogP contribution in [0.1, 0.15) is 21.6 Å². The molecule has 0 radical (unpaired) electrons. The third-order valence-electron chi connectivity index (χ3n) is 2.81. The molecule has 0 saturated heterocycles. The molecule has 0 aliphatic heterocycles. The highest BCUT2D eigenvalue weighted by Crippen LogP contribution is 2.28. The lowest BCUT2D eigenvalue weighted by Gasteiger charge is -2.09. The minimum absolute atomic E-state index is 0.106. The molecule has 19 heavy (non-hydrogen) atoms. The second-order valence-electron chi connectivity index (χ2n) is 4.20. The number of carbonyl (C=O) groups is 1. The molecule has 0 unspecified atom stereocenters. The van der Waals surface area contributed by atoms with Crippen molar-refractivity contribution < 1.29 is 14.6 Å². The van der Waals surface area contributed by atoms with E-state index in [9.17, 15) is 4.79 Å². The second kappa shape index (κ2) is 5.06. The Hall–Kier alpha value is -2.43.